The Labute approximate surface area is 172 Å². The van der Waals surface area contributed by atoms with Crippen LogP contribution in [-0.2, 0) is 9.53 Å². The Kier molecular flexibility index (Phi) is 5.75. The average molecular weight is 418 g/mol. The molecular weight excluding hydrogens is 398 g/mol. The van der Waals surface area contributed by atoms with Crippen molar-refractivity contribution in [2.24, 2.45) is 4.99 Å². The number of carbonyl (C=O) groups is 1. The van der Waals surface area contributed by atoms with Crippen LogP contribution in [0.15, 0.2) is 50.7 Å². The third kappa shape index (κ3) is 4.11. The molecule has 2 fully saturated rings. The molecule has 28 heavy (non-hydrogen) atoms. The number of anilines is 1. The van der Waals surface area contributed by atoms with Crippen LogP contribution in [0.1, 0.15) is 12.7 Å². The first-order chi connectivity index (χ1) is 13.6. The molecule has 0 N–H and O–H groups in total. The minimum Gasteiger partial charge on any atom is -0.441 e. The van der Waals surface area contributed by atoms with E-state index in [-0.39, 0.29) is 5.91 Å². The van der Waals surface area contributed by atoms with Crippen molar-refractivity contribution in [1.29, 1.82) is 0 Å². The van der Waals surface area contributed by atoms with Crippen LogP contribution < -0.4 is 4.90 Å². The Morgan fingerprint density at radius 2 is 1.93 bits per heavy atom. The number of amidine groups is 1. The summed E-state index contributed by atoms with van der Waals surface area (Å²) < 4.78 is 11.3. The molecule has 2 aliphatic rings. The fourth-order valence-electron chi connectivity index (χ4n) is 3.00. The van der Waals surface area contributed by atoms with Crippen molar-refractivity contribution in [2.75, 3.05) is 37.7 Å². The lowest BCUT2D eigenvalue weighted by atomic mass is 10.3. The van der Waals surface area contributed by atoms with Gasteiger partial charge in [-0.05, 0) is 49.0 Å². The molecule has 146 valence electrons. The van der Waals surface area contributed by atoms with Crippen molar-refractivity contribution in [2.45, 2.75) is 6.92 Å². The highest BCUT2D eigenvalue weighted by Gasteiger charge is 2.32. The van der Waals surface area contributed by atoms with Crippen LogP contribution in [0.25, 0.3) is 6.08 Å². The number of thioether (sulfide) groups is 1. The van der Waals surface area contributed by atoms with E-state index >= 15 is 0 Å². The molecule has 2 aliphatic heterocycles. The number of nitrogens with zero attached hydrogens (tertiary/aromatic N) is 3. The van der Waals surface area contributed by atoms with Gasteiger partial charge in [-0.25, -0.2) is 4.99 Å². The summed E-state index contributed by atoms with van der Waals surface area (Å²) in [4.78, 5) is 21.8. The van der Waals surface area contributed by atoms with Gasteiger partial charge < -0.3 is 14.1 Å². The first kappa shape index (κ1) is 19.1. The van der Waals surface area contributed by atoms with Crippen LogP contribution in [0.5, 0.6) is 0 Å². The smallest absolute Gasteiger partial charge is 0.266 e. The van der Waals surface area contributed by atoms with E-state index in [1.54, 1.807) is 23.1 Å². The summed E-state index contributed by atoms with van der Waals surface area (Å²) in [5.74, 6) is 1.39. The zero-order valence-electron chi connectivity index (χ0n) is 15.4. The monoisotopic (exact) mass is 417 g/mol. The first-order valence-corrected chi connectivity index (χ1v) is 10.3. The quantitative estimate of drug-likeness (QED) is 0.690. The second-order valence-electron chi connectivity index (χ2n) is 6.31. The van der Waals surface area contributed by atoms with E-state index in [2.05, 4.69) is 9.89 Å². The molecule has 8 heteroatoms. The highest BCUT2D eigenvalue weighted by atomic mass is 35.5. The Balaban J connectivity index is 1.55. The average Bonchev–Trinajstić information content (AvgIpc) is 3.29. The summed E-state index contributed by atoms with van der Waals surface area (Å²) in [6, 6.07) is 11.0. The van der Waals surface area contributed by atoms with E-state index in [9.17, 15) is 4.79 Å². The number of furan rings is 1. The zero-order chi connectivity index (χ0) is 19.5. The van der Waals surface area contributed by atoms with E-state index in [0.29, 0.717) is 40.6 Å². The molecule has 0 spiro atoms. The number of ether oxygens (including phenoxy) is 1. The molecule has 2 saturated heterocycles. The standard InChI is InChI=1S/C20H20ClN3O3S/c1-2-24-19(25)17(28-20(24)22-15-5-3-14(21)4-6-15)13-16-7-8-18(27-16)23-9-11-26-12-10-23/h3-8,13H,2,9-12H2,1H3/b17-13-,22-20?. The van der Waals surface area contributed by atoms with Crippen LogP contribution in [0, 0.1) is 0 Å². The summed E-state index contributed by atoms with van der Waals surface area (Å²) >= 11 is 7.28. The molecule has 0 radical (unpaired) electrons. The van der Waals surface area contributed by atoms with Crippen LogP contribution in [0.4, 0.5) is 11.6 Å². The van der Waals surface area contributed by atoms with Crippen LogP contribution >= 0.6 is 23.4 Å². The van der Waals surface area contributed by atoms with Crippen molar-refractivity contribution in [3.63, 3.8) is 0 Å². The van der Waals surface area contributed by atoms with Gasteiger partial charge in [0.15, 0.2) is 11.1 Å². The van der Waals surface area contributed by atoms with Gasteiger partial charge in [0.05, 0.1) is 23.8 Å². The Morgan fingerprint density at radius 3 is 2.64 bits per heavy atom. The topological polar surface area (TPSA) is 58.3 Å². The normalized spacial score (nSPS) is 20.6. The summed E-state index contributed by atoms with van der Waals surface area (Å²) in [5.41, 5.74) is 0.756. The Morgan fingerprint density at radius 1 is 1.18 bits per heavy atom. The minimum atomic E-state index is -0.0652. The second-order valence-corrected chi connectivity index (χ2v) is 7.75. The van der Waals surface area contributed by atoms with Crippen LogP contribution in [0.2, 0.25) is 5.02 Å². The molecule has 0 unspecified atom stereocenters. The van der Waals surface area contributed by atoms with Crippen molar-refractivity contribution < 1.29 is 13.9 Å². The van der Waals surface area contributed by atoms with E-state index in [1.807, 2.05) is 31.2 Å². The van der Waals surface area contributed by atoms with Crippen molar-refractivity contribution in [3.05, 3.63) is 52.1 Å². The van der Waals surface area contributed by atoms with E-state index in [0.717, 1.165) is 24.7 Å². The van der Waals surface area contributed by atoms with Gasteiger partial charge in [0.25, 0.3) is 5.91 Å². The Bertz CT molecular complexity index is 917. The lowest BCUT2D eigenvalue weighted by Gasteiger charge is -2.26. The third-order valence-electron chi connectivity index (χ3n) is 4.46. The second kappa shape index (κ2) is 8.43. The number of likely N-dealkylation sites (N-methyl/N-ethyl adjacent to an activating group) is 1. The molecule has 0 atom stereocenters. The van der Waals surface area contributed by atoms with Gasteiger partial charge in [-0.2, -0.15) is 0 Å². The number of aliphatic imine (C=N–C) groups is 1. The molecule has 1 amide bonds. The Hall–Kier alpha value is -2.22. The molecule has 1 aromatic carbocycles. The molecule has 0 aliphatic carbocycles. The zero-order valence-corrected chi connectivity index (χ0v) is 17.0. The molecule has 0 bridgehead atoms. The number of amides is 1. The van der Waals surface area contributed by atoms with Gasteiger partial charge in [0.1, 0.15) is 5.76 Å². The van der Waals surface area contributed by atoms with Gasteiger partial charge in [-0.3, -0.25) is 9.69 Å². The predicted octanol–water partition coefficient (Wildman–Crippen LogP) is 4.39. The maximum Gasteiger partial charge on any atom is 0.266 e. The third-order valence-corrected chi connectivity index (χ3v) is 5.72. The lowest BCUT2D eigenvalue weighted by Crippen LogP contribution is -2.35. The molecule has 0 saturated carbocycles. The summed E-state index contributed by atoms with van der Waals surface area (Å²) in [6.07, 6.45) is 1.78. The number of hydrogen-bond acceptors (Lipinski definition) is 6. The van der Waals surface area contributed by atoms with E-state index < -0.39 is 0 Å². The number of benzene rings is 1. The van der Waals surface area contributed by atoms with Gasteiger partial charge >= 0.3 is 0 Å². The lowest BCUT2D eigenvalue weighted by molar-refractivity contribution is -0.122. The summed E-state index contributed by atoms with van der Waals surface area (Å²) in [5, 5.41) is 1.31. The number of hydrogen-bond donors (Lipinski definition) is 0. The van der Waals surface area contributed by atoms with Gasteiger partial charge in [-0.1, -0.05) is 11.6 Å². The fourth-order valence-corrected chi connectivity index (χ4v) is 4.17. The van der Waals surface area contributed by atoms with Crippen LogP contribution in [-0.4, -0.2) is 48.8 Å². The molecule has 4 rings (SSSR count). The van der Waals surface area contributed by atoms with Crippen molar-refractivity contribution in [1.82, 2.24) is 4.90 Å². The largest absolute Gasteiger partial charge is 0.441 e. The molecule has 2 aromatic rings. The van der Waals surface area contributed by atoms with Crippen molar-refractivity contribution >= 4 is 52.1 Å². The summed E-state index contributed by atoms with van der Waals surface area (Å²) in [6.45, 7) is 5.48. The van der Waals surface area contributed by atoms with E-state index in [1.165, 1.54) is 11.8 Å². The molecular formula is C20H20ClN3O3S. The number of rotatable bonds is 4. The first-order valence-electron chi connectivity index (χ1n) is 9.12. The molecule has 3 heterocycles. The highest BCUT2D eigenvalue weighted by molar-refractivity contribution is 8.18. The van der Waals surface area contributed by atoms with Gasteiger partial charge in [0, 0.05) is 36.8 Å². The summed E-state index contributed by atoms with van der Waals surface area (Å²) in [7, 11) is 0. The number of carbonyl (C=O) groups excluding carboxylic acids is 1. The maximum absolute atomic E-state index is 12.8. The van der Waals surface area contributed by atoms with Crippen molar-refractivity contribution in [3.8, 4) is 0 Å². The van der Waals surface area contributed by atoms with Gasteiger partial charge in [0.2, 0.25) is 0 Å². The minimum absolute atomic E-state index is 0.0652. The highest BCUT2D eigenvalue weighted by Crippen LogP contribution is 2.35. The van der Waals surface area contributed by atoms with Crippen LogP contribution in [0.3, 0.4) is 0 Å². The SMILES string of the molecule is CCN1C(=O)/C(=C/c2ccc(N3CCOCC3)o2)SC1=Nc1ccc(Cl)cc1. The number of halogens is 1. The maximum atomic E-state index is 12.8. The predicted molar refractivity (Wildman–Crippen MR) is 113 cm³/mol. The van der Waals surface area contributed by atoms with E-state index in [4.69, 9.17) is 20.8 Å². The molecule has 6 nitrogen and oxygen atoms in total. The fraction of sp³-hybridized carbons (Fsp3) is 0.300. The number of morpholine rings is 1. The van der Waals surface area contributed by atoms with Gasteiger partial charge in [-0.15, -0.1) is 0 Å². The molecule has 1 aromatic heterocycles.